The molecule has 1 aromatic carbocycles. The van der Waals surface area contributed by atoms with Gasteiger partial charge in [0.25, 0.3) is 0 Å². The zero-order valence-electron chi connectivity index (χ0n) is 10.8. The molecule has 18 heavy (non-hydrogen) atoms. The summed E-state index contributed by atoms with van der Waals surface area (Å²) in [6.45, 7) is 2.06. The van der Waals surface area contributed by atoms with Crippen LogP contribution in [0.25, 0.3) is 0 Å². The van der Waals surface area contributed by atoms with Crippen molar-refractivity contribution in [1.29, 1.82) is 0 Å². The van der Waals surface area contributed by atoms with Crippen LogP contribution in [0.5, 0.6) is 5.75 Å². The lowest BCUT2D eigenvalue weighted by molar-refractivity contribution is 0.0456. The zero-order chi connectivity index (χ0) is 12.8. The fourth-order valence-corrected chi connectivity index (χ4v) is 3.18. The number of ketones is 1. The fraction of sp³-hybridized carbons (Fsp3) is 0.533. The van der Waals surface area contributed by atoms with Gasteiger partial charge >= 0.3 is 0 Å². The predicted molar refractivity (Wildman–Crippen MR) is 71.0 cm³/mol. The van der Waals surface area contributed by atoms with Crippen molar-refractivity contribution in [3.05, 3.63) is 23.3 Å². The second kappa shape index (κ2) is 4.01. The van der Waals surface area contributed by atoms with E-state index in [-0.39, 0.29) is 11.4 Å². The largest absolute Gasteiger partial charge is 0.484 e. The molecule has 3 nitrogen and oxygen atoms in total. The first-order chi connectivity index (χ1) is 8.63. The maximum Gasteiger partial charge on any atom is 0.170 e. The van der Waals surface area contributed by atoms with E-state index >= 15 is 0 Å². The molecule has 2 N–H and O–H groups in total. The van der Waals surface area contributed by atoms with Gasteiger partial charge < -0.3 is 10.5 Å². The molecule has 3 heteroatoms. The van der Waals surface area contributed by atoms with Gasteiger partial charge in [-0.05, 0) is 49.8 Å². The molecule has 1 aromatic rings. The molecule has 0 bridgehead atoms. The lowest BCUT2D eigenvalue weighted by Crippen LogP contribution is -2.39. The lowest BCUT2D eigenvalue weighted by Gasteiger charge is -2.35. The Hall–Kier alpha value is -1.51. The number of anilines is 1. The minimum atomic E-state index is -0.258. The molecule has 0 atom stereocenters. The number of hydrogen-bond donors (Lipinski definition) is 1. The molecule has 0 saturated heterocycles. The number of benzene rings is 1. The average molecular weight is 245 g/mol. The smallest absolute Gasteiger partial charge is 0.170 e. The van der Waals surface area contributed by atoms with Crippen molar-refractivity contribution in [2.45, 2.75) is 51.0 Å². The molecule has 1 fully saturated rings. The van der Waals surface area contributed by atoms with Crippen LogP contribution in [0.1, 0.15) is 54.9 Å². The van der Waals surface area contributed by atoms with Crippen LogP contribution in [0.15, 0.2) is 12.1 Å². The normalized spacial score (nSPS) is 20.8. The number of aryl methyl sites for hydroxylation is 1. The summed E-state index contributed by atoms with van der Waals surface area (Å²) in [5, 5.41) is 0. The molecule has 1 aliphatic carbocycles. The van der Waals surface area contributed by atoms with Crippen LogP contribution in [0.3, 0.4) is 0 Å². The summed E-state index contributed by atoms with van der Waals surface area (Å²) in [5.41, 5.74) is 8.20. The first kappa shape index (κ1) is 11.6. The second-order valence-electron chi connectivity index (χ2n) is 5.51. The Morgan fingerprint density at radius 2 is 2.06 bits per heavy atom. The highest BCUT2D eigenvalue weighted by Gasteiger charge is 2.43. The number of carbonyl (C=O) groups excluding carboxylic acids is 1. The van der Waals surface area contributed by atoms with E-state index in [0.717, 1.165) is 37.7 Å². The van der Waals surface area contributed by atoms with Crippen LogP contribution >= 0.6 is 0 Å². The van der Waals surface area contributed by atoms with Crippen LogP contribution in [0, 0.1) is 0 Å². The number of ether oxygens (including phenoxy) is 1. The molecule has 1 heterocycles. The summed E-state index contributed by atoms with van der Waals surface area (Å²) in [7, 11) is 0. The summed E-state index contributed by atoms with van der Waals surface area (Å²) >= 11 is 0. The zero-order valence-corrected chi connectivity index (χ0v) is 10.8. The van der Waals surface area contributed by atoms with E-state index in [9.17, 15) is 4.79 Å². The van der Waals surface area contributed by atoms with E-state index in [1.807, 2.05) is 12.1 Å². The van der Waals surface area contributed by atoms with Crippen LogP contribution in [0.4, 0.5) is 5.69 Å². The number of nitrogens with two attached hydrogens (primary N) is 1. The lowest BCUT2D eigenvalue weighted by atomic mass is 9.87. The van der Waals surface area contributed by atoms with Crippen molar-refractivity contribution in [3.8, 4) is 5.75 Å². The highest BCUT2D eigenvalue weighted by atomic mass is 16.5. The van der Waals surface area contributed by atoms with Crippen LogP contribution in [0.2, 0.25) is 0 Å². The Kier molecular flexibility index (Phi) is 2.58. The first-order valence-corrected chi connectivity index (χ1v) is 6.78. The van der Waals surface area contributed by atoms with Crippen LogP contribution in [-0.2, 0) is 6.42 Å². The Labute approximate surface area is 107 Å². The van der Waals surface area contributed by atoms with Crippen LogP contribution in [-0.4, -0.2) is 11.4 Å². The number of carbonyl (C=O) groups is 1. The van der Waals surface area contributed by atoms with Crippen molar-refractivity contribution in [2.75, 3.05) is 5.73 Å². The van der Waals surface area contributed by atoms with Gasteiger partial charge in [0.2, 0.25) is 0 Å². The molecule has 2 aliphatic rings. The Morgan fingerprint density at radius 3 is 2.72 bits per heavy atom. The first-order valence-electron chi connectivity index (χ1n) is 6.78. The molecule has 1 aliphatic heterocycles. The molecule has 1 spiro atoms. The van der Waals surface area contributed by atoms with Crippen molar-refractivity contribution in [1.82, 2.24) is 0 Å². The average Bonchev–Trinajstić information content (AvgIpc) is 2.78. The van der Waals surface area contributed by atoms with Gasteiger partial charge in [-0.2, -0.15) is 0 Å². The molecule has 96 valence electrons. The SMILES string of the molecule is CCc1cc(N)c2c(c1)C(=O)CC1(CCCC1)O2. The maximum absolute atomic E-state index is 12.3. The predicted octanol–water partition coefficient (Wildman–Crippen LogP) is 3.11. The summed E-state index contributed by atoms with van der Waals surface area (Å²) in [6.07, 6.45) is 5.66. The number of hydrogen-bond acceptors (Lipinski definition) is 3. The second-order valence-corrected chi connectivity index (χ2v) is 5.51. The Morgan fingerprint density at radius 1 is 1.33 bits per heavy atom. The van der Waals surface area contributed by atoms with Crippen molar-refractivity contribution in [3.63, 3.8) is 0 Å². The van der Waals surface area contributed by atoms with E-state index < -0.39 is 0 Å². The van der Waals surface area contributed by atoms with Gasteiger partial charge in [-0.1, -0.05) is 6.92 Å². The molecule has 0 unspecified atom stereocenters. The van der Waals surface area contributed by atoms with Crippen molar-refractivity contribution >= 4 is 11.5 Å². The molecular weight excluding hydrogens is 226 g/mol. The van der Waals surface area contributed by atoms with E-state index in [1.165, 1.54) is 0 Å². The summed E-state index contributed by atoms with van der Waals surface area (Å²) in [4.78, 5) is 12.3. The number of rotatable bonds is 1. The third-order valence-electron chi connectivity index (χ3n) is 4.20. The minimum absolute atomic E-state index is 0.195. The molecule has 0 amide bonds. The van der Waals surface area contributed by atoms with E-state index in [2.05, 4.69) is 6.92 Å². The monoisotopic (exact) mass is 245 g/mol. The van der Waals surface area contributed by atoms with Crippen molar-refractivity contribution in [2.24, 2.45) is 0 Å². The third kappa shape index (κ3) is 1.69. The molecule has 0 aromatic heterocycles. The molecular formula is C15H19NO2. The topological polar surface area (TPSA) is 52.3 Å². The van der Waals surface area contributed by atoms with E-state index in [1.54, 1.807) is 0 Å². The van der Waals surface area contributed by atoms with Crippen LogP contribution < -0.4 is 10.5 Å². The van der Waals surface area contributed by atoms with E-state index in [4.69, 9.17) is 10.5 Å². The quantitative estimate of drug-likeness (QED) is 0.773. The number of Topliss-reactive ketones (excluding diaryl/α,β-unsaturated/α-hetero) is 1. The highest BCUT2D eigenvalue weighted by molar-refractivity contribution is 6.02. The van der Waals surface area contributed by atoms with E-state index in [0.29, 0.717) is 23.4 Å². The number of fused-ring (bicyclic) bond motifs is 1. The molecule has 0 radical (unpaired) electrons. The highest BCUT2D eigenvalue weighted by Crippen LogP contribution is 2.45. The van der Waals surface area contributed by atoms with Gasteiger partial charge in [-0.3, -0.25) is 4.79 Å². The Bertz CT molecular complexity index is 501. The molecule has 3 rings (SSSR count). The summed E-state index contributed by atoms with van der Waals surface area (Å²) < 4.78 is 6.14. The Balaban J connectivity index is 2.06. The fourth-order valence-electron chi connectivity index (χ4n) is 3.18. The van der Waals surface area contributed by atoms with Gasteiger partial charge in [0.1, 0.15) is 5.60 Å². The summed E-state index contributed by atoms with van der Waals surface area (Å²) in [5.74, 6) is 0.825. The van der Waals surface area contributed by atoms with Gasteiger partial charge in [-0.25, -0.2) is 0 Å². The maximum atomic E-state index is 12.3. The third-order valence-corrected chi connectivity index (χ3v) is 4.20. The van der Waals surface area contributed by atoms with Gasteiger partial charge in [0.15, 0.2) is 11.5 Å². The number of nitrogen functional groups attached to an aromatic ring is 1. The van der Waals surface area contributed by atoms with Gasteiger partial charge in [0, 0.05) is 0 Å². The van der Waals surface area contributed by atoms with Gasteiger partial charge in [0.05, 0.1) is 17.7 Å². The minimum Gasteiger partial charge on any atom is -0.484 e. The molecule has 1 saturated carbocycles. The van der Waals surface area contributed by atoms with Crippen molar-refractivity contribution < 1.29 is 9.53 Å². The van der Waals surface area contributed by atoms with Gasteiger partial charge in [-0.15, -0.1) is 0 Å². The standard InChI is InChI=1S/C15H19NO2/c1-2-10-7-11-13(17)9-15(5-3-4-6-15)18-14(11)12(16)8-10/h7-8H,2-6,9,16H2,1H3. The summed E-state index contributed by atoms with van der Waals surface area (Å²) in [6, 6.07) is 3.87.